The number of hydrogen-bond donors (Lipinski definition) is 1. The predicted octanol–water partition coefficient (Wildman–Crippen LogP) is 3.43. The summed E-state index contributed by atoms with van der Waals surface area (Å²) in [5.74, 6) is 0.0558. The average molecular weight is 417 g/mol. The van der Waals surface area contributed by atoms with Crippen LogP contribution < -0.4 is 4.72 Å². The van der Waals surface area contributed by atoms with E-state index in [0.717, 1.165) is 27.8 Å². The lowest BCUT2D eigenvalue weighted by molar-refractivity contribution is 0.577. The molecule has 0 unspecified atom stereocenters. The van der Waals surface area contributed by atoms with Crippen molar-refractivity contribution >= 4 is 26.3 Å². The Morgan fingerprint density at radius 3 is 2.79 bits per heavy atom. The molecule has 0 amide bonds. The van der Waals surface area contributed by atoms with Gasteiger partial charge >= 0.3 is 0 Å². The van der Waals surface area contributed by atoms with Crippen molar-refractivity contribution in [3.8, 4) is 11.4 Å². The molecule has 6 nitrogen and oxygen atoms in total. The molecule has 4 aromatic rings. The molecule has 0 spiro atoms. The van der Waals surface area contributed by atoms with Gasteiger partial charge in [-0.25, -0.2) is 22.0 Å². The molecule has 0 radical (unpaired) electrons. The standard InChI is InChI=1S/C19H17FN4O2S2/c1-13-5-2-3-8-17(13)18-22-19-24(23-18)15(12-27-19)9-10-21-28(25,26)16-7-4-6-14(20)11-16/h2-8,11-12,21H,9-10H2,1H3. The Morgan fingerprint density at radius 2 is 2.00 bits per heavy atom. The molecule has 0 saturated heterocycles. The van der Waals surface area contributed by atoms with E-state index in [4.69, 9.17) is 0 Å². The van der Waals surface area contributed by atoms with Crippen LogP contribution in [0.3, 0.4) is 0 Å². The molecular weight excluding hydrogens is 399 g/mol. The third-order valence-electron chi connectivity index (χ3n) is 4.32. The maximum Gasteiger partial charge on any atom is 0.240 e. The molecule has 1 N–H and O–H groups in total. The minimum Gasteiger partial charge on any atom is -0.211 e. The molecule has 2 aromatic carbocycles. The Labute approximate surface area is 165 Å². The second kappa shape index (κ2) is 7.42. The highest BCUT2D eigenvalue weighted by Gasteiger charge is 2.16. The van der Waals surface area contributed by atoms with E-state index in [1.54, 1.807) is 4.52 Å². The van der Waals surface area contributed by atoms with Crippen molar-refractivity contribution in [1.82, 2.24) is 19.3 Å². The number of halogens is 1. The third kappa shape index (κ3) is 3.68. The van der Waals surface area contributed by atoms with Crippen LogP contribution in [0.15, 0.2) is 58.8 Å². The Hall–Kier alpha value is -2.62. The predicted molar refractivity (Wildman–Crippen MR) is 106 cm³/mol. The van der Waals surface area contributed by atoms with Crippen LogP contribution in [0.1, 0.15) is 11.3 Å². The minimum absolute atomic E-state index is 0.0921. The first kappa shape index (κ1) is 18.7. The lowest BCUT2D eigenvalue weighted by atomic mass is 10.1. The zero-order valence-corrected chi connectivity index (χ0v) is 16.6. The van der Waals surface area contributed by atoms with E-state index in [2.05, 4.69) is 14.8 Å². The highest BCUT2D eigenvalue weighted by Crippen LogP contribution is 2.23. The Morgan fingerprint density at radius 1 is 1.18 bits per heavy atom. The van der Waals surface area contributed by atoms with Gasteiger partial charge in [-0.2, -0.15) is 4.98 Å². The van der Waals surface area contributed by atoms with E-state index in [1.807, 2.05) is 36.6 Å². The number of rotatable bonds is 6. The van der Waals surface area contributed by atoms with Crippen molar-refractivity contribution in [2.75, 3.05) is 6.54 Å². The highest BCUT2D eigenvalue weighted by atomic mass is 32.2. The summed E-state index contributed by atoms with van der Waals surface area (Å²) in [6.07, 6.45) is 0.436. The van der Waals surface area contributed by atoms with Gasteiger partial charge in [-0.1, -0.05) is 30.3 Å². The van der Waals surface area contributed by atoms with E-state index in [0.29, 0.717) is 12.2 Å². The van der Waals surface area contributed by atoms with Gasteiger partial charge in [0.15, 0.2) is 5.82 Å². The van der Waals surface area contributed by atoms with E-state index in [1.165, 1.54) is 29.5 Å². The number of nitrogens with zero attached hydrogens (tertiary/aromatic N) is 3. The summed E-state index contributed by atoms with van der Waals surface area (Å²) in [5, 5.41) is 6.49. The number of fused-ring (bicyclic) bond motifs is 1. The van der Waals surface area contributed by atoms with Crippen LogP contribution in [0, 0.1) is 12.7 Å². The van der Waals surface area contributed by atoms with Crippen molar-refractivity contribution < 1.29 is 12.8 Å². The summed E-state index contributed by atoms with van der Waals surface area (Å²) in [6.45, 7) is 2.18. The van der Waals surface area contributed by atoms with Crippen LogP contribution in [0.5, 0.6) is 0 Å². The van der Waals surface area contributed by atoms with Crippen LogP contribution in [0.25, 0.3) is 16.3 Å². The fourth-order valence-corrected chi connectivity index (χ4v) is 4.78. The third-order valence-corrected chi connectivity index (χ3v) is 6.64. The average Bonchev–Trinajstić information content (AvgIpc) is 3.24. The normalized spacial score (nSPS) is 11.9. The number of sulfonamides is 1. The molecule has 2 heterocycles. The number of aromatic nitrogens is 3. The summed E-state index contributed by atoms with van der Waals surface area (Å²) in [5.41, 5.74) is 2.91. The lowest BCUT2D eigenvalue weighted by Crippen LogP contribution is -2.26. The Balaban J connectivity index is 1.51. The first-order valence-corrected chi connectivity index (χ1v) is 10.9. The van der Waals surface area contributed by atoms with Crippen molar-refractivity contribution in [2.24, 2.45) is 0 Å². The van der Waals surface area contributed by atoms with E-state index >= 15 is 0 Å². The van der Waals surface area contributed by atoms with Gasteiger partial charge in [-0.05, 0) is 30.7 Å². The zero-order valence-electron chi connectivity index (χ0n) is 15.0. The van der Waals surface area contributed by atoms with Gasteiger partial charge < -0.3 is 0 Å². The molecule has 2 aromatic heterocycles. The van der Waals surface area contributed by atoms with Crippen molar-refractivity contribution in [3.05, 3.63) is 71.0 Å². The van der Waals surface area contributed by atoms with Gasteiger partial charge in [-0.15, -0.1) is 16.4 Å². The van der Waals surface area contributed by atoms with Gasteiger partial charge in [0.05, 0.1) is 10.6 Å². The van der Waals surface area contributed by atoms with Gasteiger partial charge in [-0.3, -0.25) is 0 Å². The van der Waals surface area contributed by atoms with Crippen LogP contribution in [0.2, 0.25) is 0 Å². The summed E-state index contributed by atoms with van der Waals surface area (Å²) < 4.78 is 42.1. The van der Waals surface area contributed by atoms with E-state index < -0.39 is 15.8 Å². The molecule has 0 atom stereocenters. The fourth-order valence-electron chi connectivity index (χ4n) is 2.87. The largest absolute Gasteiger partial charge is 0.240 e. The smallest absolute Gasteiger partial charge is 0.211 e. The fraction of sp³-hybridized carbons (Fsp3) is 0.158. The number of nitrogens with one attached hydrogen (secondary N) is 1. The molecular formula is C19H17FN4O2S2. The maximum atomic E-state index is 13.3. The van der Waals surface area contributed by atoms with E-state index in [-0.39, 0.29) is 11.4 Å². The second-order valence-electron chi connectivity index (χ2n) is 6.28. The summed E-state index contributed by atoms with van der Waals surface area (Å²) in [4.78, 5) is 5.23. The van der Waals surface area contributed by atoms with Crippen LogP contribution >= 0.6 is 11.3 Å². The lowest BCUT2D eigenvalue weighted by Gasteiger charge is -2.06. The highest BCUT2D eigenvalue weighted by molar-refractivity contribution is 7.89. The van der Waals surface area contributed by atoms with Gasteiger partial charge in [0, 0.05) is 23.9 Å². The summed E-state index contributed by atoms with van der Waals surface area (Å²) in [7, 11) is -3.76. The molecule has 9 heteroatoms. The number of aryl methyl sites for hydroxylation is 1. The topological polar surface area (TPSA) is 76.4 Å². The van der Waals surface area contributed by atoms with Gasteiger partial charge in [0.2, 0.25) is 15.0 Å². The quantitative estimate of drug-likeness (QED) is 0.523. The molecule has 28 heavy (non-hydrogen) atoms. The summed E-state index contributed by atoms with van der Waals surface area (Å²) in [6, 6.07) is 12.8. The number of benzene rings is 2. The van der Waals surface area contributed by atoms with Crippen LogP contribution in [-0.4, -0.2) is 29.6 Å². The summed E-state index contributed by atoms with van der Waals surface area (Å²) >= 11 is 1.45. The van der Waals surface area contributed by atoms with Crippen molar-refractivity contribution in [1.29, 1.82) is 0 Å². The Bertz CT molecular complexity index is 1250. The molecule has 144 valence electrons. The van der Waals surface area contributed by atoms with Crippen molar-refractivity contribution in [2.45, 2.75) is 18.2 Å². The zero-order chi connectivity index (χ0) is 19.7. The number of hydrogen-bond acceptors (Lipinski definition) is 5. The molecule has 0 aliphatic carbocycles. The molecule has 4 rings (SSSR count). The first-order valence-electron chi connectivity index (χ1n) is 8.58. The second-order valence-corrected chi connectivity index (χ2v) is 8.88. The van der Waals surface area contributed by atoms with Crippen LogP contribution in [0.4, 0.5) is 4.39 Å². The molecule has 0 bridgehead atoms. The number of thiazole rings is 1. The van der Waals surface area contributed by atoms with Gasteiger partial charge in [0.25, 0.3) is 0 Å². The molecule has 0 saturated carbocycles. The maximum absolute atomic E-state index is 13.3. The monoisotopic (exact) mass is 416 g/mol. The minimum atomic E-state index is -3.76. The van der Waals surface area contributed by atoms with Crippen molar-refractivity contribution in [3.63, 3.8) is 0 Å². The van der Waals surface area contributed by atoms with Crippen LogP contribution in [-0.2, 0) is 16.4 Å². The molecule has 0 aliphatic heterocycles. The molecule has 0 aliphatic rings. The SMILES string of the molecule is Cc1ccccc1-c1nc2scc(CCNS(=O)(=O)c3cccc(F)c3)n2n1. The van der Waals surface area contributed by atoms with Gasteiger partial charge in [0.1, 0.15) is 5.82 Å². The first-order chi connectivity index (χ1) is 13.4. The Kier molecular flexibility index (Phi) is 4.96. The van der Waals surface area contributed by atoms with E-state index in [9.17, 15) is 12.8 Å². The molecule has 0 fully saturated rings.